The number of sulfonamides is 1. The van der Waals surface area contributed by atoms with Crippen molar-refractivity contribution in [1.29, 1.82) is 0 Å². The molecule has 6 rings (SSSR count). The van der Waals surface area contributed by atoms with Gasteiger partial charge in [-0.25, -0.2) is 8.42 Å². The van der Waals surface area contributed by atoms with Crippen LogP contribution in [0.3, 0.4) is 0 Å². The number of piperazine rings is 1. The molecule has 4 atom stereocenters. The third-order valence-electron chi connectivity index (χ3n) is 9.83. The highest BCUT2D eigenvalue weighted by atomic mass is 32.2. The molecular formula is C31H44N4O3S. The molecule has 3 saturated heterocycles. The van der Waals surface area contributed by atoms with E-state index in [9.17, 15) is 8.42 Å². The van der Waals surface area contributed by atoms with Crippen LogP contribution in [0, 0.1) is 5.92 Å². The molecule has 0 saturated carbocycles. The van der Waals surface area contributed by atoms with Gasteiger partial charge in [0.1, 0.15) is 5.75 Å². The summed E-state index contributed by atoms with van der Waals surface area (Å²) in [6.07, 6.45) is 4.75. The first-order valence-corrected chi connectivity index (χ1v) is 16.5. The van der Waals surface area contributed by atoms with Crippen molar-refractivity contribution in [1.82, 2.24) is 14.1 Å². The minimum absolute atomic E-state index is 0.114. The van der Waals surface area contributed by atoms with Crippen molar-refractivity contribution in [2.75, 3.05) is 63.6 Å². The lowest BCUT2D eigenvalue weighted by Gasteiger charge is -2.51. The molecule has 1 unspecified atom stereocenters. The van der Waals surface area contributed by atoms with E-state index in [1.807, 2.05) is 4.31 Å². The molecule has 39 heavy (non-hydrogen) atoms. The summed E-state index contributed by atoms with van der Waals surface area (Å²) in [6.45, 7) is 8.88. The second-order valence-corrected chi connectivity index (χ2v) is 14.0. The van der Waals surface area contributed by atoms with Crippen molar-refractivity contribution in [2.45, 2.75) is 57.2 Å². The van der Waals surface area contributed by atoms with Crippen LogP contribution in [0.4, 0.5) is 5.69 Å². The van der Waals surface area contributed by atoms with E-state index in [1.54, 1.807) is 7.11 Å². The van der Waals surface area contributed by atoms with E-state index in [2.05, 4.69) is 70.2 Å². The van der Waals surface area contributed by atoms with E-state index < -0.39 is 10.0 Å². The van der Waals surface area contributed by atoms with Crippen molar-refractivity contribution < 1.29 is 13.2 Å². The molecule has 4 heterocycles. The molecule has 0 aromatic heterocycles. The highest BCUT2D eigenvalue weighted by Gasteiger charge is 2.45. The summed E-state index contributed by atoms with van der Waals surface area (Å²) in [4.78, 5) is 7.52. The number of fused-ring (bicyclic) bond motifs is 4. The van der Waals surface area contributed by atoms with Gasteiger partial charge in [-0.2, -0.15) is 4.31 Å². The summed E-state index contributed by atoms with van der Waals surface area (Å²) in [7, 11) is -1.59. The molecule has 4 aliphatic rings. The average molecular weight is 553 g/mol. The number of para-hydroxylation sites is 1. The lowest BCUT2D eigenvalue weighted by Crippen LogP contribution is -2.58. The summed E-state index contributed by atoms with van der Waals surface area (Å²) in [5.74, 6) is 1.60. The Morgan fingerprint density at radius 1 is 1.00 bits per heavy atom. The monoisotopic (exact) mass is 552 g/mol. The van der Waals surface area contributed by atoms with Gasteiger partial charge >= 0.3 is 0 Å². The molecule has 8 heteroatoms. The summed E-state index contributed by atoms with van der Waals surface area (Å²) in [6, 6.07) is 17.7. The molecule has 4 aliphatic heterocycles. The average Bonchev–Trinajstić information content (AvgIpc) is 2.98. The molecule has 0 N–H and O–H groups in total. The van der Waals surface area contributed by atoms with Crippen LogP contribution in [0.5, 0.6) is 5.75 Å². The predicted molar refractivity (Wildman–Crippen MR) is 157 cm³/mol. The van der Waals surface area contributed by atoms with E-state index >= 15 is 0 Å². The highest BCUT2D eigenvalue weighted by molar-refractivity contribution is 7.89. The van der Waals surface area contributed by atoms with Crippen LogP contribution in [-0.4, -0.2) is 93.3 Å². The fourth-order valence-electron chi connectivity index (χ4n) is 7.54. The third-order valence-corrected chi connectivity index (χ3v) is 11.7. The Labute approximate surface area is 234 Å². The largest absolute Gasteiger partial charge is 0.497 e. The van der Waals surface area contributed by atoms with Crippen molar-refractivity contribution >= 4 is 15.7 Å². The zero-order valence-electron chi connectivity index (χ0n) is 23.5. The summed E-state index contributed by atoms with van der Waals surface area (Å²) >= 11 is 0. The lowest BCUT2D eigenvalue weighted by atomic mass is 9.77. The Hall–Kier alpha value is -2.13. The maximum absolute atomic E-state index is 13.8. The summed E-state index contributed by atoms with van der Waals surface area (Å²) < 4.78 is 35.0. The number of ether oxygens (including phenoxy) is 1. The molecule has 2 aromatic carbocycles. The van der Waals surface area contributed by atoms with Gasteiger partial charge in [0, 0.05) is 69.6 Å². The predicted octanol–water partition coefficient (Wildman–Crippen LogP) is 4.01. The summed E-state index contributed by atoms with van der Waals surface area (Å²) in [5.41, 5.74) is 4.00. The topological polar surface area (TPSA) is 56.3 Å². The number of hydrogen-bond acceptors (Lipinski definition) is 6. The quantitative estimate of drug-likeness (QED) is 0.518. The van der Waals surface area contributed by atoms with Crippen LogP contribution < -0.4 is 9.64 Å². The van der Waals surface area contributed by atoms with Gasteiger partial charge in [-0.3, -0.25) is 9.80 Å². The van der Waals surface area contributed by atoms with Crippen molar-refractivity contribution in [3.05, 3.63) is 59.7 Å². The first-order chi connectivity index (χ1) is 18.9. The number of anilines is 1. The van der Waals surface area contributed by atoms with Gasteiger partial charge in [0.25, 0.3) is 0 Å². The molecule has 0 spiro atoms. The van der Waals surface area contributed by atoms with Gasteiger partial charge in [-0.15, -0.1) is 0 Å². The molecule has 0 amide bonds. The Balaban J connectivity index is 1.09. The molecule has 0 aliphatic carbocycles. The molecule has 0 radical (unpaired) electrons. The Morgan fingerprint density at radius 2 is 1.79 bits per heavy atom. The maximum Gasteiger partial charge on any atom is 0.214 e. The second kappa shape index (κ2) is 11.4. The maximum atomic E-state index is 13.8. The molecule has 7 nitrogen and oxygen atoms in total. The minimum atomic E-state index is -3.31. The SMILES string of the molecule is COc1ccc2c(c1)CCN1C[C@@H]3CCCN(S(=O)(=O)CCC(C)N4CCN(c5ccccc5)CC4)[C@@H]3C[C@@H]21. The van der Waals surface area contributed by atoms with Gasteiger partial charge in [0.2, 0.25) is 10.0 Å². The molecule has 2 aromatic rings. The van der Waals surface area contributed by atoms with Gasteiger partial charge in [0.05, 0.1) is 12.9 Å². The van der Waals surface area contributed by atoms with E-state index in [0.717, 1.165) is 70.7 Å². The Bertz CT molecular complexity index is 1230. The lowest BCUT2D eigenvalue weighted by molar-refractivity contribution is 0.0219. The summed E-state index contributed by atoms with van der Waals surface area (Å²) in [5, 5.41) is 0. The molecule has 0 bridgehead atoms. The van der Waals surface area contributed by atoms with Crippen LogP contribution in [-0.2, 0) is 16.4 Å². The van der Waals surface area contributed by atoms with Crippen LogP contribution in [0.25, 0.3) is 0 Å². The number of hydrogen-bond donors (Lipinski definition) is 0. The number of benzene rings is 2. The third kappa shape index (κ3) is 5.58. The minimum Gasteiger partial charge on any atom is -0.497 e. The van der Waals surface area contributed by atoms with E-state index in [1.165, 1.54) is 16.8 Å². The van der Waals surface area contributed by atoms with Gasteiger partial charge in [-0.05, 0) is 80.3 Å². The normalized spacial score (nSPS) is 27.3. The van der Waals surface area contributed by atoms with Crippen LogP contribution in [0.2, 0.25) is 0 Å². The molecular weight excluding hydrogens is 508 g/mol. The van der Waals surface area contributed by atoms with Gasteiger partial charge < -0.3 is 9.64 Å². The Kier molecular flexibility index (Phi) is 7.91. The zero-order valence-corrected chi connectivity index (χ0v) is 24.4. The van der Waals surface area contributed by atoms with Crippen molar-refractivity contribution in [3.8, 4) is 5.75 Å². The number of rotatable bonds is 7. The fraction of sp³-hybridized carbons (Fsp3) is 0.613. The van der Waals surface area contributed by atoms with Crippen molar-refractivity contribution in [2.24, 2.45) is 5.92 Å². The fourth-order valence-corrected chi connectivity index (χ4v) is 9.49. The first-order valence-electron chi connectivity index (χ1n) is 14.9. The number of methoxy groups -OCH3 is 1. The second-order valence-electron chi connectivity index (χ2n) is 12.0. The highest BCUT2D eigenvalue weighted by Crippen LogP contribution is 2.44. The van der Waals surface area contributed by atoms with Crippen LogP contribution >= 0.6 is 0 Å². The van der Waals surface area contributed by atoms with E-state index in [0.29, 0.717) is 24.9 Å². The van der Waals surface area contributed by atoms with Crippen LogP contribution in [0.15, 0.2) is 48.5 Å². The standard InChI is InChI=1S/C31H44N4O3S/c1-24(32-16-18-33(19-17-32)27-8-4-3-5-9-27)13-20-39(36,37)35-14-6-7-26-23-34-15-12-25-21-28(38-2)10-11-29(25)31(34)22-30(26)35/h3-5,8-11,21,24,26,30-31H,6-7,12-20,22-23H2,1-2H3/t24?,26-,30+,31-/m0/s1. The van der Waals surface area contributed by atoms with Gasteiger partial charge in [0.15, 0.2) is 0 Å². The van der Waals surface area contributed by atoms with Gasteiger partial charge in [-0.1, -0.05) is 24.3 Å². The first kappa shape index (κ1) is 27.1. The number of nitrogens with zero attached hydrogens (tertiary/aromatic N) is 4. The van der Waals surface area contributed by atoms with E-state index in [-0.39, 0.29) is 17.8 Å². The Morgan fingerprint density at radius 3 is 2.56 bits per heavy atom. The molecule has 212 valence electrons. The van der Waals surface area contributed by atoms with E-state index in [4.69, 9.17) is 4.74 Å². The smallest absolute Gasteiger partial charge is 0.214 e. The zero-order chi connectivity index (χ0) is 27.0. The molecule has 3 fully saturated rings. The van der Waals surface area contributed by atoms with Crippen LogP contribution in [0.1, 0.15) is 49.8 Å². The number of piperidine rings is 2. The van der Waals surface area contributed by atoms with Crippen molar-refractivity contribution in [3.63, 3.8) is 0 Å².